The van der Waals surface area contributed by atoms with Crippen molar-refractivity contribution in [2.24, 2.45) is 0 Å². The van der Waals surface area contributed by atoms with Crippen molar-refractivity contribution in [2.75, 3.05) is 16.0 Å². The molecule has 5 atom stereocenters. The summed E-state index contributed by atoms with van der Waals surface area (Å²) in [5, 5.41) is 55.6. The fourth-order valence-electron chi connectivity index (χ4n) is 8.48. The maximum atomic E-state index is 13.7. The highest BCUT2D eigenvalue weighted by atomic mass is 79.9. The van der Waals surface area contributed by atoms with E-state index in [2.05, 4.69) is 130 Å². The van der Waals surface area contributed by atoms with E-state index in [1.807, 2.05) is 4.98 Å². The number of hydrogen-bond donors (Lipinski definition) is 11. The van der Waals surface area contributed by atoms with Gasteiger partial charge >= 0.3 is 11.8 Å². The van der Waals surface area contributed by atoms with E-state index >= 15 is 0 Å². The molecule has 1 amide bonds. The number of nitro benzene ring substituents is 1. The number of aromatic nitrogens is 8. The van der Waals surface area contributed by atoms with Crippen molar-refractivity contribution < 1.29 is 88.4 Å². The number of alkyl halides is 4. The number of hydrogen-bond acceptors (Lipinski definition) is 20. The number of halogens is 15. The average Bonchev–Trinajstić information content (AvgIpc) is 0.797. The average molecular weight is 1780 g/mol. The molecule has 0 saturated heterocycles. The number of Topliss-reactive ketones (excluding diaryl/α,β-unsaturated/α-hetero) is 1. The number of ketones is 1. The summed E-state index contributed by atoms with van der Waals surface area (Å²) in [6.45, 7) is 7.89. The lowest BCUT2D eigenvalue weighted by molar-refractivity contribution is -0.386. The molecule has 11 N–H and O–H groups in total. The molecule has 10 aromatic rings. The zero-order valence-corrected chi connectivity index (χ0v) is 61.2. The molecular weight excluding hydrogens is 1730 g/mol. The van der Waals surface area contributed by atoms with Crippen LogP contribution in [0.1, 0.15) is 87.7 Å². The normalized spacial score (nSPS) is 13.4. The van der Waals surface area contributed by atoms with Crippen molar-refractivity contribution in [3.8, 4) is 0 Å². The number of carbonyl (C=O) groups excluding carboxylic acids is 4. The Hall–Kier alpha value is -9.06. The number of aliphatic hydroxyl groups is 4. The first kappa shape index (κ1) is 84.6. The highest BCUT2D eigenvalue weighted by Gasteiger charge is 2.34. The van der Waals surface area contributed by atoms with Crippen LogP contribution in [0.15, 0.2) is 114 Å². The molecule has 5 heterocycles. The minimum absolute atomic E-state index is 0.00984. The third-order valence-corrected chi connectivity index (χ3v) is 16.8. The lowest BCUT2D eigenvalue weighted by Gasteiger charge is -2.28. The number of rotatable bonds is 10. The predicted octanol–water partition coefficient (Wildman–Crippen LogP) is 12.3. The van der Waals surface area contributed by atoms with Gasteiger partial charge in [0, 0.05) is 32.4 Å². The van der Waals surface area contributed by atoms with Crippen LogP contribution in [-0.4, -0.2) is 107 Å². The van der Waals surface area contributed by atoms with Gasteiger partial charge in [0.05, 0.1) is 80.0 Å². The minimum Gasteiger partial charge on any atom is -0.392 e. The van der Waals surface area contributed by atoms with Crippen molar-refractivity contribution in [3.05, 3.63) is 210 Å². The Morgan fingerprint density at radius 2 is 0.981 bits per heavy atom. The summed E-state index contributed by atoms with van der Waals surface area (Å²) in [5.74, 6) is -11.9. The van der Waals surface area contributed by atoms with E-state index in [4.69, 9.17) is 14.7 Å². The Kier molecular flexibility index (Phi) is 29.5. The van der Waals surface area contributed by atoms with Crippen molar-refractivity contribution in [3.63, 3.8) is 0 Å². The Morgan fingerprint density at radius 3 is 1.40 bits per heavy atom. The highest BCUT2D eigenvalue weighted by molar-refractivity contribution is 9.11. The number of carbonyl (C=O) groups is 2. The molecule has 0 fully saturated rings. The number of aliphatic hydroxyl groups excluding tert-OH is 4. The summed E-state index contributed by atoms with van der Waals surface area (Å²) >= 11 is 14.9. The van der Waals surface area contributed by atoms with Crippen LogP contribution in [0.4, 0.5) is 66.7 Å². The summed E-state index contributed by atoms with van der Waals surface area (Å²) < 4.78 is 135. The van der Waals surface area contributed by atoms with Crippen LogP contribution in [0, 0.1) is 45.0 Å². The van der Waals surface area contributed by atoms with Gasteiger partial charge < -0.3 is 56.3 Å². The van der Waals surface area contributed by atoms with E-state index in [1.165, 1.54) is 81.4 Å². The van der Waals surface area contributed by atoms with E-state index in [1.54, 1.807) is 26.0 Å². The molecule has 1 aliphatic rings. The van der Waals surface area contributed by atoms with Crippen molar-refractivity contribution >= 4 is 164 Å². The standard InChI is InChI=1S/C11H9F3N2O2.C10H6BrF3N2O.C10H12BrFN2O3.C10H10BrFN2O2.C10H8BrFN2O2.C10H6BrFN2O2.CO2/c1-11(13,14)9-10(18)16-8-6(15-9)3-2-5(4-17)7(8)12;1-10(13,14)8-9(17)16-7-5(15-8)3-2-4(11)6(7)12;1-5(6(2)15)13-8-4-3-7(11)9(12)10(8)14(16)17;3*1-4(15)8-10(16)14-9-6(13-8)3-2-5(11)7(9)12;2-1-3/h2-3,17H,4H2,1H3,(H,16,18);2-3H,1H3,(H,16,17);3-6,13,15H,1-2H3;2-4,8,13,15H,1H3,(H,14,16);2-4,15H,1H3,(H,14,16);2-3H,1H3,(H,14,16);. The van der Waals surface area contributed by atoms with Gasteiger partial charge in [-0.1, -0.05) is 6.07 Å². The van der Waals surface area contributed by atoms with Gasteiger partial charge in [0.2, 0.25) is 11.7 Å². The molecule has 26 nitrogen and oxygen atoms in total. The van der Waals surface area contributed by atoms with Crippen LogP contribution in [0.3, 0.4) is 0 Å². The largest absolute Gasteiger partial charge is 0.392 e. The second-order valence-electron chi connectivity index (χ2n) is 21.5. The van der Waals surface area contributed by atoms with E-state index in [0.29, 0.717) is 25.1 Å². The third kappa shape index (κ3) is 21.1. The van der Waals surface area contributed by atoms with Gasteiger partial charge in [0.15, 0.2) is 52.0 Å². The molecule has 0 spiro atoms. The second-order valence-corrected chi connectivity index (χ2v) is 25.7. The van der Waals surface area contributed by atoms with Gasteiger partial charge in [0.1, 0.15) is 45.2 Å². The molecule has 4 aromatic heterocycles. The number of fused-ring (bicyclic) bond motifs is 5. The molecule has 548 valence electrons. The van der Waals surface area contributed by atoms with Crippen LogP contribution in [0.2, 0.25) is 0 Å². The Labute approximate surface area is 612 Å². The number of aromatic amines is 4. The smallest absolute Gasteiger partial charge is 0.373 e. The van der Waals surface area contributed by atoms with Crippen LogP contribution in [0.5, 0.6) is 0 Å². The molecule has 41 heteroatoms. The van der Waals surface area contributed by atoms with Crippen LogP contribution >= 0.6 is 79.6 Å². The molecule has 1 aliphatic heterocycles. The number of nitrogens with zero attached hydrogens (tertiary/aromatic N) is 5. The predicted molar refractivity (Wildman–Crippen MR) is 370 cm³/mol. The Balaban J connectivity index is 0.000000221. The van der Waals surface area contributed by atoms with Crippen LogP contribution in [0.25, 0.3) is 44.1 Å². The molecule has 0 bridgehead atoms. The molecule has 5 unspecified atom stereocenters. The summed E-state index contributed by atoms with van der Waals surface area (Å²) in [6.07, 6.45) is -2.29. The number of anilines is 3. The van der Waals surface area contributed by atoms with E-state index in [-0.39, 0.29) is 95.5 Å². The molecule has 6 aromatic carbocycles. The first-order chi connectivity index (χ1) is 47.9. The van der Waals surface area contributed by atoms with Crippen LogP contribution < -0.4 is 38.2 Å². The first-order valence-corrected chi connectivity index (χ1v) is 32.6. The molecule has 0 aliphatic carbocycles. The van der Waals surface area contributed by atoms with Gasteiger partial charge in [0.25, 0.3) is 34.1 Å². The fourth-order valence-corrected chi connectivity index (χ4v) is 10.1. The van der Waals surface area contributed by atoms with Gasteiger partial charge in [-0.15, -0.1) is 0 Å². The minimum atomic E-state index is -3.41. The van der Waals surface area contributed by atoms with Gasteiger partial charge in [-0.25, -0.2) is 41.9 Å². The molecule has 0 radical (unpaired) electrons. The fraction of sp³-hybridized carbons (Fsp3) is 0.242. The van der Waals surface area contributed by atoms with E-state index < -0.39 is 140 Å². The van der Waals surface area contributed by atoms with Gasteiger partial charge in [-0.05, 0) is 174 Å². The monoisotopic (exact) mass is 1770 g/mol. The Morgan fingerprint density at radius 1 is 0.592 bits per heavy atom. The van der Waals surface area contributed by atoms with E-state index in [0.717, 1.165) is 0 Å². The topological polar surface area (TPSA) is 411 Å². The quantitative estimate of drug-likeness (QED) is 0.0262. The Bertz CT molecular complexity index is 5180. The van der Waals surface area contributed by atoms with Crippen LogP contribution in [-0.2, 0) is 32.8 Å². The zero-order valence-electron chi connectivity index (χ0n) is 53.3. The summed E-state index contributed by atoms with van der Waals surface area (Å²) in [7, 11) is 0. The molecule has 103 heavy (non-hydrogen) atoms. The van der Waals surface area contributed by atoms with Gasteiger partial charge in [-0.2, -0.15) is 31.5 Å². The summed E-state index contributed by atoms with van der Waals surface area (Å²) in [5.41, 5.74) is -5.74. The number of amides is 1. The number of nitro groups is 1. The number of nitrogens with one attached hydrogen (secondary N) is 7. The zero-order chi connectivity index (χ0) is 77.8. The van der Waals surface area contributed by atoms with Crippen molar-refractivity contribution in [2.45, 2.75) is 97.3 Å². The third-order valence-electron chi connectivity index (χ3n) is 13.7. The van der Waals surface area contributed by atoms with Gasteiger partial charge in [-0.3, -0.25) is 38.9 Å². The molecule has 11 rings (SSSR count). The number of benzene rings is 6. The summed E-state index contributed by atoms with van der Waals surface area (Å²) in [4.78, 5) is 118. The maximum Gasteiger partial charge on any atom is 0.373 e. The van der Waals surface area contributed by atoms with Crippen molar-refractivity contribution in [1.29, 1.82) is 0 Å². The highest BCUT2D eigenvalue weighted by Crippen LogP contribution is 2.36. The maximum absolute atomic E-state index is 13.7. The molecular formula is C62H51Br5F10N12O14. The number of H-pyrrole nitrogens is 4. The lowest BCUT2D eigenvalue weighted by atomic mass is 10.1. The van der Waals surface area contributed by atoms with Crippen molar-refractivity contribution in [1.82, 2.24) is 39.9 Å². The molecule has 0 saturated carbocycles. The SMILES string of the molecule is CC(=O)c1nc2ccc(Br)c(F)c2[nH]c1=O.CC(F)(F)c1nc2ccc(Br)c(F)c2[nH]c1=O.CC(F)(F)c1nc2ccc(CO)c(F)c2[nH]c1=O.CC(O)C(C)Nc1ccc(Br)c(F)c1[N+](=O)[O-].CC(O)C1Nc2ccc(Br)c(F)c2NC1=O.CC(O)c1nc2ccc(Br)c(F)c2[nH]c1=O.O=C=O. The lowest BCUT2D eigenvalue weighted by Crippen LogP contribution is -2.46. The second kappa shape index (κ2) is 35.9. The first-order valence-electron chi connectivity index (χ1n) is 28.6. The summed E-state index contributed by atoms with van der Waals surface area (Å²) in [6, 6.07) is 16.0. The van der Waals surface area contributed by atoms with E-state index in [9.17, 15) is 98.1 Å².